The summed E-state index contributed by atoms with van der Waals surface area (Å²) >= 11 is 0. The number of ketones is 1. The number of aliphatic hydroxyl groups is 2. The molecule has 146 valence electrons. The third-order valence-electron chi connectivity index (χ3n) is 4.96. The van der Waals surface area contributed by atoms with E-state index in [2.05, 4.69) is 0 Å². The Balaban J connectivity index is 3.09. The maximum absolute atomic E-state index is 12.2. The molecule has 1 aliphatic rings. The van der Waals surface area contributed by atoms with Crippen LogP contribution in [0.25, 0.3) is 0 Å². The second-order valence-corrected chi connectivity index (χ2v) is 7.20. The van der Waals surface area contributed by atoms with Crippen LogP contribution in [0.4, 0.5) is 0 Å². The Morgan fingerprint density at radius 2 is 1.81 bits per heavy atom. The van der Waals surface area contributed by atoms with E-state index in [9.17, 15) is 19.8 Å². The second kappa shape index (κ2) is 11.1. The second-order valence-electron chi connectivity index (χ2n) is 7.20. The fourth-order valence-corrected chi connectivity index (χ4v) is 3.16. The van der Waals surface area contributed by atoms with Crippen LogP contribution in [0.3, 0.4) is 0 Å². The van der Waals surface area contributed by atoms with Crippen LogP contribution in [-0.4, -0.2) is 40.8 Å². The van der Waals surface area contributed by atoms with Gasteiger partial charge < -0.3 is 14.9 Å². The summed E-state index contributed by atoms with van der Waals surface area (Å²) < 4.78 is 5.44. The Morgan fingerprint density at radius 3 is 2.42 bits per heavy atom. The Labute approximate surface area is 156 Å². The van der Waals surface area contributed by atoms with Crippen LogP contribution >= 0.6 is 0 Å². The van der Waals surface area contributed by atoms with E-state index >= 15 is 0 Å². The summed E-state index contributed by atoms with van der Waals surface area (Å²) in [5.74, 6) is -1.34. The third kappa shape index (κ3) is 6.89. The van der Waals surface area contributed by atoms with Crippen LogP contribution in [0.2, 0.25) is 0 Å². The van der Waals surface area contributed by atoms with Crippen molar-refractivity contribution < 1.29 is 24.5 Å². The molecule has 0 aromatic rings. The quantitative estimate of drug-likeness (QED) is 0.736. The van der Waals surface area contributed by atoms with E-state index in [0.717, 1.165) is 0 Å². The highest BCUT2D eigenvalue weighted by molar-refractivity contribution is 5.91. The maximum atomic E-state index is 12.2. The smallest absolute Gasteiger partial charge is 0.330 e. The first-order valence-electron chi connectivity index (χ1n) is 9.36. The van der Waals surface area contributed by atoms with Gasteiger partial charge in [-0.1, -0.05) is 52.0 Å². The number of rotatable bonds is 2. The Hall–Kier alpha value is -1.72. The van der Waals surface area contributed by atoms with Gasteiger partial charge in [0, 0.05) is 23.8 Å². The van der Waals surface area contributed by atoms with Gasteiger partial charge in [0.25, 0.3) is 0 Å². The highest BCUT2D eigenvalue weighted by Gasteiger charge is 2.24. The highest BCUT2D eigenvalue weighted by atomic mass is 16.5. The molecule has 5 heteroatoms. The molecule has 0 amide bonds. The van der Waals surface area contributed by atoms with E-state index in [0.29, 0.717) is 12.8 Å². The lowest BCUT2D eigenvalue weighted by atomic mass is 9.85. The molecule has 0 fully saturated rings. The zero-order valence-electron chi connectivity index (χ0n) is 16.2. The monoisotopic (exact) mass is 364 g/mol. The van der Waals surface area contributed by atoms with E-state index in [1.807, 2.05) is 27.7 Å². The topological polar surface area (TPSA) is 83.8 Å². The summed E-state index contributed by atoms with van der Waals surface area (Å²) in [4.78, 5) is 24.3. The van der Waals surface area contributed by atoms with E-state index in [-0.39, 0.29) is 36.1 Å². The van der Waals surface area contributed by atoms with Gasteiger partial charge in [0.15, 0.2) is 5.78 Å². The lowest BCUT2D eigenvalue weighted by Gasteiger charge is -2.25. The molecule has 6 atom stereocenters. The van der Waals surface area contributed by atoms with Gasteiger partial charge in [-0.3, -0.25) is 4.79 Å². The SMILES string of the molecule is CC[C@H]1OC(=O)C=C[C@H](C)[C@@H](O)[C@@H](C)C[C@@H](C)C(=O)C=CC=C[C@@H]1CO. The molecule has 0 spiro atoms. The fraction of sp³-hybridized carbons (Fsp3) is 0.619. The van der Waals surface area contributed by atoms with Crippen molar-refractivity contribution in [3.05, 3.63) is 36.5 Å². The minimum absolute atomic E-state index is 0.00278. The standard InChI is InChI=1S/C21H32O5/c1-5-19-17(13-22)8-6-7-9-18(23)15(3)12-16(4)21(25)14(2)10-11-20(24)26-19/h6-11,14-17,19,21-22,25H,5,12-13H2,1-4H3/t14-,15+,16-,17+,19+,21+/m0/s1. The van der Waals surface area contributed by atoms with Gasteiger partial charge in [0.2, 0.25) is 0 Å². The van der Waals surface area contributed by atoms with Gasteiger partial charge in [0.05, 0.1) is 12.7 Å². The number of esters is 1. The van der Waals surface area contributed by atoms with Crippen LogP contribution < -0.4 is 0 Å². The Morgan fingerprint density at radius 1 is 1.12 bits per heavy atom. The number of aliphatic hydroxyl groups excluding tert-OH is 2. The summed E-state index contributed by atoms with van der Waals surface area (Å²) in [6, 6.07) is 0. The largest absolute Gasteiger partial charge is 0.459 e. The highest BCUT2D eigenvalue weighted by Crippen LogP contribution is 2.23. The molecule has 0 saturated carbocycles. The lowest BCUT2D eigenvalue weighted by molar-refractivity contribution is -0.145. The van der Waals surface area contributed by atoms with Crippen molar-refractivity contribution in [3.63, 3.8) is 0 Å². The van der Waals surface area contributed by atoms with Crippen LogP contribution in [-0.2, 0) is 14.3 Å². The Bertz CT molecular complexity index is 549. The average Bonchev–Trinajstić information content (AvgIpc) is 2.62. The summed E-state index contributed by atoms with van der Waals surface area (Å²) in [7, 11) is 0. The van der Waals surface area contributed by atoms with Crippen molar-refractivity contribution in [2.45, 2.75) is 52.7 Å². The first-order valence-corrected chi connectivity index (χ1v) is 9.36. The molecule has 1 rings (SSSR count). The average molecular weight is 364 g/mol. The van der Waals surface area contributed by atoms with Crippen LogP contribution in [0.5, 0.6) is 0 Å². The van der Waals surface area contributed by atoms with Crippen molar-refractivity contribution >= 4 is 11.8 Å². The molecule has 0 aromatic carbocycles. The van der Waals surface area contributed by atoms with Gasteiger partial charge >= 0.3 is 5.97 Å². The van der Waals surface area contributed by atoms with Crippen molar-refractivity contribution in [1.29, 1.82) is 0 Å². The van der Waals surface area contributed by atoms with Crippen LogP contribution in [0, 0.1) is 23.7 Å². The van der Waals surface area contributed by atoms with Crippen LogP contribution in [0.15, 0.2) is 36.5 Å². The molecule has 0 aromatic heterocycles. The van der Waals surface area contributed by atoms with Gasteiger partial charge in [-0.15, -0.1) is 0 Å². The van der Waals surface area contributed by atoms with Crippen molar-refractivity contribution in [2.75, 3.05) is 6.61 Å². The minimum Gasteiger partial charge on any atom is -0.459 e. The maximum Gasteiger partial charge on any atom is 0.330 e. The van der Waals surface area contributed by atoms with Crippen molar-refractivity contribution in [3.8, 4) is 0 Å². The van der Waals surface area contributed by atoms with Gasteiger partial charge in [-0.2, -0.15) is 0 Å². The number of hydrogen-bond acceptors (Lipinski definition) is 5. The number of ether oxygens (including phenoxy) is 1. The van der Waals surface area contributed by atoms with E-state index < -0.39 is 18.2 Å². The molecule has 0 saturated heterocycles. The third-order valence-corrected chi connectivity index (χ3v) is 4.96. The molecule has 26 heavy (non-hydrogen) atoms. The van der Waals surface area contributed by atoms with E-state index in [1.54, 1.807) is 24.3 Å². The number of carbonyl (C=O) groups is 2. The summed E-state index contributed by atoms with van der Waals surface area (Å²) in [6.07, 6.45) is 9.59. The first kappa shape index (κ1) is 22.3. The molecular weight excluding hydrogens is 332 g/mol. The molecule has 0 aliphatic carbocycles. The molecule has 5 nitrogen and oxygen atoms in total. The molecule has 2 N–H and O–H groups in total. The minimum atomic E-state index is -0.654. The lowest BCUT2D eigenvalue weighted by Crippen LogP contribution is -2.28. The number of allylic oxidation sites excluding steroid dienone is 3. The molecular formula is C21H32O5. The summed E-state index contributed by atoms with van der Waals surface area (Å²) in [6.45, 7) is 7.31. The van der Waals surface area contributed by atoms with Gasteiger partial charge in [0.1, 0.15) is 6.10 Å². The molecule has 0 bridgehead atoms. The summed E-state index contributed by atoms with van der Waals surface area (Å²) in [5, 5.41) is 20.0. The molecule has 1 heterocycles. The number of carbonyl (C=O) groups excluding carboxylic acids is 2. The first-order chi connectivity index (χ1) is 12.3. The van der Waals surface area contributed by atoms with Crippen LogP contribution in [0.1, 0.15) is 40.5 Å². The molecule has 1 aliphatic heterocycles. The zero-order chi connectivity index (χ0) is 19.7. The van der Waals surface area contributed by atoms with E-state index in [1.165, 1.54) is 12.2 Å². The van der Waals surface area contributed by atoms with Gasteiger partial charge in [-0.05, 0) is 24.8 Å². The van der Waals surface area contributed by atoms with Crippen molar-refractivity contribution in [1.82, 2.24) is 0 Å². The normalized spacial score (nSPS) is 34.7. The molecule has 0 radical (unpaired) electrons. The predicted molar refractivity (Wildman–Crippen MR) is 101 cm³/mol. The molecule has 0 unspecified atom stereocenters. The Kier molecular flexibility index (Phi) is 9.52. The van der Waals surface area contributed by atoms with E-state index in [4.69, 9.17) is 4.74 Å². The number of cyclic esters (lactones) is 1. The predicted octanol–water partition coefficient (Wildman–Crippen LogP) is 2.83. The van der Waals surface area contributed by atoms with Crippen molar-refractivity contribution in [2.24, 2.45) is 23.7 Å². The zero-order valence-corrected chi connectivity index (χ0v) is 16.2. The number of hydrogen-bond donors (Lipinski definition) is 2. The summed E-state index contributed by atoms with van der Waals surface area (Å²) in [5.41, 5.74) is 0. The van der Waals surface area contributed by atoms with Gasteiger partial charge in [-0.25, -0.2) is 4.79 Å². The fourth-order valence-electron chi connectivity index (χ4n) is 3.16.